The lowest BCUT2D eigenvalue weighted by molar-refractivity contribution is -0.137. The third kappa shape index (κ3) is 7.72. The highest BCUT2D eigenvalue weighted by Gasteiger charge is 2.37. The van der Waals surface area contributed by atoms with Crippen LogP contribution in [0.25, 0.3) is 11.3 Å². The summed E-state index contributed by atoms with van der Waals surface area (Å²) >= 11 is 0. The van der Waals surface area contributed by atoms with Crippen LogP contribution in [-0.4, -0.2) is 32.4 Å². The monoisotopic (exact) mass is 572 g/mol. The van der Waals surface area contributed by atoms with Crippen molar-refractivity contribution in [1.29, 1.82) is 0 Å². The summed E-state index contributed by atoms with van der Waals surface area (Å²) in [5, 5.41) is 2.97. The van der Waals surface area contributed by atoms with Crippen LogP contribution in [0, 0.1) is 0 Å². The van der Waals surface area contributed by atoms with E-state index >= 15 is 0 Å². The molecule has 9 heteroatoms. The molecule has 0 radical (unpaired) electrons. The predicted octanol–water partition coefficient (Wildman–Crippen LogP) is 8.72. The molecule has 0 saturated carbocycles. The number of nitrogens with zero attached hydrogens (tertiary/aromatic N) is 1. The van der Waals surface area contributed by atoms with E-state index in [9.17, 15) is 18.0 Å². The number of rotatable bonds is 8. The second kappa shape index (κ2) is 11.7. The van der Waals surface area contributed by atoms with Gasteiger partial charge in [-0.2, -0.15) is 13.2 Å². The third-order valence-corrected chi connectivity index (χ3v) is 11.7. The van der Waals surface area contributed by atoms with Gasteiger partial charge in [-0.3, -0.25) is 9.78 Å². The number of anilines is 1. The summed E-state index contributed by atoms with van der Waals surface area (Å²) in [5.41, 5.74) is 0.930. The van der Waals surface area contributed by atoms with Gasteiger partial charge in [-0.15, -0.1) is 0 Å². The van der Waals surface area contributed by atoms with Crippen molar-refractivity contribution in [2.24, 2.45) is 0 Å². The van der Waals surface area contributed by atoms with E-state index in [0.717, 1.165) is 11.6 Å². The lowest BCUT2D eigenvalue weighted by Crippen LogP contribution is -2.41. The first-order valence-electron chi connectivity index (χ1n) is 13.3. The van der Waals surface area contributed by atoms with Crippen LogP contribution < -0.4 is 10.1 Å². The smallest absolute Gasteiger partial charge is 0.418 e. The Morgan fingerprint density at radius 1 is 0.900 bits per heavy atom. The van der Waals surface area contributed by atoms with E-state index in [1.807, 2.05) is 12.1 Å². The molecule has 0 spiro atoms. The van der Waals surface area contributed by atoms with Crippen molar-refractivity contribution in [2.75, 3.05) is 18.5 Å². The molecular formula is C31H39F3N2O3Si. The lowest BCUT2D eigenvalue weighted by atomic mass is 9.86. The maximum Gasteiger partial charge on any atom is 0.418 e. The molecule has 0 aliphatic heterocycles. The van der Waals surface area contributed by atoms with Crippen LogP contribution >= 0.6 is 0 Å². The molecule has 3 aromatic rings. The number of pyridine rings is 1. The van der Waals surface area contributed by atoms with Crippen LogP contribution in [-0.2, 0) is 16.0 Å². The largest absolute Gasteiger partial charge is 0.491 e. The van der Waals surface area contributed by atoms with E-state index in [2.05, 4.69) is 64.9 Å². The van der Waals surface area contributed by atoms with Crippen molar-refractivity contribution >= 4 is 19.9 Å². The molecule has 1 amide bonds. The molecule has 3 rings (SSSR count). The molecule has 0 bridgehead atoms. The molecule has 1 aromatic heterocycles. The lowest BCUT2D eigenvalue weighted by Gasteiger charge is -2.36. The first kappa shape index (κ1) is 31.4. The van der Waals surface area contributed by atoms with Gasteiger partial charge in [0, 0.05) is 29.1 Å². The zero-order chi connectivity index (χ0) is 29.9. The molecule has 0 atom stereocenters. The van der Waals surface area contributed by atoms with E-state index in [1.54, 1.807) is 6.07 Å². The number of nitrogens with one attached hydrogen (secondary N) is 1. The Morgan fingerprint density at radius 3 is 2.12 bits per heavy atom. The van der Waals surface area contributed by atoms with Crippen LogP contribution in [0.1, 0.15) is 63.0 Å². The quantitative estimate of drug-likeness (QED) is 0.217. The molecule has 0 aliphatic carbocycles. The van der Waals surface area contributed by atoms with Crippen molar-refractivity contribution in [1.82, 2.24) is 4.98 Å². The number of carbonyl (C=O) groups is 1. The van der Waals surface area contributed by atoms with Gasteiger partial charge in [-0.1, -0.05) is 59.7 Å². The topological polar surface area (TPSA) is 60.5 Å². The average molecular weight is 573 g/mol. The first-order chi connectivity index (χ1) is 18.4. The number of halogens is 3. The molecule has 1 heterocycles. The number of amides is 1. The molecule has 0 aliphatic rings. The van der Waals surface area contributed by atoms with Crippen LogP contribution in [0.3, 0.4) is 0 Å². The Kier molecular flexibility index (Phi) is 9.21. The molecule has 216 valence electrons. The standard InChI is InChI=1S/C31H39F3N2O3Si/c1-29(2,3)24-16-15-23(20-26(24)38-18-19-39-40(7,8)30(4,5)6)36-28(37)22-13-11-21(12-14-22)27-25(31(32,33)34)10-9-17-35-27/h9-17,20H,18-19H2,1-8H3,(H,36,37). The van der Waals surface area contributed by atoms with Crippen LogP contribution in [0.15, 0.2) is 60.8 Å². The van der Waals surface area contributed by atoms with E-state index < -0.39 is 20.1 Å². The summed E-state index contributed by atoms with van der Waals surface area (Å²) in [5.74, 6) is 0.272. The highest BCUT2D eigenvalue weighted by molar-refractivity contribution is 6.74. The van der Waals surface area contributed by atoms with Crippen molar-refractivity contribution in [3.63, 3.8) is 0 Å². The van der Waals surface area contributed by atoms with Crippen molar-refractivity contribution in [3.8, 4) is 17.0 Å². The molecule has 0 saturated heterocycles. The fraction of sp³-hybridized carbons (Fsp3) is 0.419. The highest BCUT2D eigenvalue weighted by atomic mass is 28.4. The molecular weight excluding hydrogens is 533 g/mol. The minimum absolute atomic E-state index is 0.101. The van der Waals surface area contributed by atoms with Crippen LogP contribution in [0.5, 0.6) is 5.75 Å². The van der Waals surface area contributed by atoms with E-state index in [-0.39, 0.29) is 27.6 Å². The van der Waals surface area contributed by atoms with Gasteiger partial charge in [0.05, 0.1) is 17.9 Å². The summed E-state index contributed by atoms with van der Waals surface area (Å²) in [4.78, 5) is 16.9. The number of benzene rings is 2. The summed E-state index contributed by atoms with van der Waals surface area (Å²) in [6.07, 6.45) is -3.22. The Labute approximate surface area is 236 Å². The second-order valence-electron chi connectivity index (χ2n) is 12.3. The zero-order valence-corrected chi connectivity index (χ0v) is 25.5. The van der Waals surface area contributed by atoms with Crippen LogP contribution in [0.2, 0.25) is 18.1 Å². The third-order valence-electron chi connectivity index (χ3n) is 7.19. The molecule has 0 fully saturated rings. The van der Waals surface area contributed by atoms with Gasteiger partial charge in [0.2, 0.25) is 0 Å². The second-order valence-corrected chi connectivity index (χ2v) is 17.2. The van der Waals surface area contributed by atoms with Gasteiger partial charge in [0.25, 0.3) is 5.91 Å². The summed E-state index contributed by atoms with van der Waals surface area (Å²) in [6, 6.07) is 13.7. The van der Waals surface area contributed by atoms with E-state index in [0.29, 0.717) is 30.2 Å². The van der Waals surface area contributed by atoms with Gasteiger partial charge < -0.3 is 14.5 Å². The van der Waals surface area contributed by atoms with Crippen molar-refractivity contribution in [3.05, 3.63) is 77.5 Å². The Bertz CT molecular complexity index is 1330. The fourth-order valence-corrected chi connectivity index (χ4v) is 4.88. The van der Waals surface area contributed by atoms with Crippen molar-refractivity contribution < 1.29 is 27.1 Å². The minimum Gasteiger partial charge on any atom is -0.491 e. The summed E-state index contributed by atoms with van der Waals surface area (Å²) in [7, 11) is -1.90. The van der Waals surface area contributed by atoms with Crippen LogP contribution in [0.4, 0.5) is 18.9 Å². The highest BCUT2D eigenvalue weighted by Crippen LogP contribution is 2.38. The molecule has 2 aromatic carbocycles. The zero-order valence-electron chi connectivity index (χ0n) is 24.5. The van der Waals surface area contributed by atoms with Crippen molar-refractivity contribution in [2.45, 2.75) is 71.3 Å². The van der Waals surface area contributed by atoms with Gasteiger partial charge in [-0.25, -0.2) is 0 Å². The number of hydrogen-bond donors (Lipinski definition) is 1. The Balaban J connectivity index is 1.75. The van der Waals surface area contributed by atoms with Gasteiger partial charge in [0.1, 0.15) is 12.4 Å². The fourth-order valence-electron chi connectivity index (χ4n) is 3.85. The number of alkyl halides is 3. The molecule has 5 nitrogen and oxygen atoms in total. The SMILES string of the molecule is CC(C)(C)c1ccc(NC(=O)c2ccc(-c3ncccc3C(F)(F)F)cc2)cc1OCCO[Si](C)(C)C(C)(C)C. The normalized spacial score (nSPS) is 12.8. The Morgan fingerprint density at radius 2 is 1.55 bits per heavy atom. The van der Waals surface area contributed by atoms with E-state index in [1.165, 1.54) is 36.5 Å². The maximum atomic E-state index is 13.4. The molecule has 0 unspecified atom stereocenters. The number of hydrogen-bond acceptors (Lipinski definition) is 4. The van der Waals surface area contributed by atoms with E-state index in [4.69, 9.17) is 9.16 Å². The summed E-state index contributed by atoms with van der Waals surface area (Å²) < 4.78 is 52.6. The van der Waals surface area contributed by atoms with Gasteiger partial charge in [-0.05, 0) is 59.4 Å². The van der Waals surface area contributed by atoms with Gasteiger partial charge >= 0.3 is 6.18 Å². The Hall–Kier alpha value is -3.17. The number of carbonyl (C=O) groups excluding carboxylic acids is 1. The molecule has 40 heavy (non-hydrogen) atoms. The predicted molar refractivity (Wildman–Crippen MR) is 156 cm³/mol. The molecule has 1 N–H and O–H groups in total. The first-order valence-corrected chi connectivity index (χ1v) is 16.2. The average Bonchev–Trinajstić information content (AvgIpc) is 2.85. The summed E-state index contributed by atoms with van der Waals surface area (Å²) in [6.45, 7) is 18.1. The minimum atomic E-state index is -4.53. The van der Waals surface area contributed by atoms with Gasteiger partial charge in [0.15, 0.2) is 8.32 Å². The number of aromatic nitrogens is 1. The maximum absolute atomic E-state index is 13.4. The number of ether oxygens (including phenoxy) is 1.